The second-order valence-electron chi connectivity index (χ2n) is 4.83. The van der Waals surface area contributed by atoms with Crippen molar-refractivity contribution in [3.8, 4) is 0 Å². The molecule has 1 aliphatic heterocycles. The van der Waals surface area contributed by atoms with Crippen LogP contribution in [-0.2, 0) is 4.79 Å². The van der Waals surface area contributed by atoms with Crippen LogP contribution in [-0.4, -0.2) is 29.4 Å². The lowest BCUT2D eigenvalue weighted by Crippen LogP contribution is -2.47. The van der Waals surface area contributed by atoms with Crippen LogP contribution < -0.4 is 5.73 Å². The standard InChI is InChI=1S/C10H20N2O/c1-10(2,3)12-6-4-8(5-7-12)9(11)13/h8H,4-7H2,1-3H3,(H2,11,13). The van der Waals surface area contributed by atoms with E-state index < -0.39 is 0 Å². The van der Waals surface area contributed by atoms with Gasteiger partial charge in [0.2, 0.25) is 5.91 Å². The predicted octanol–water partition coefficient (Wildman–Crippen LogP) is 0.982. The number of hydrogen-bond donors (Lipinski definition) is 1. The van der Waals surface area contributed by atoms with Crippen LogP contribution in [0.2, 0.25) is 0 Å². The van der Waals surface area contributed by atoms with Crippen molar-refractivity contribution in [3.63, 3.8) is 0 Å². The van der Waals surface area contributed by atoms with E-state index in [-0.39, 0.29) is 17.4 Å². The summed E-state index contributed by atoms with van der Waals surface area (Å²) >= 11 is 0. The highest BCUT2D eigenvalue weighted by Gasteiger charge is 2.28. The monoisotopic (exact) mass is 184 g/mol. The molecular weight excluding hydrogens is 164 g/mol. The second kappa shape index (κ2) is 3.66. The molecule has 0 bridgehead atoms. The van der Waals surface area contributed by atoms with E-state index in [9.17, 15) is 4.79 Å². The molecule has 0 aromatic carbocycles. The first-order valence-corrected chi connectivity index (χ1v) is 4.95. The minimum Gasteiger partial charge on any atom is -0.369 e. The SMILES string of the molecule is CC(C)(C)N1CCC(C(N)=O)CC1. The smallest absolute Gasteiger partial charge is 0.220 e. The zero-order chi connectivity index (χ0) is 10.1. The third kappa shape index (κ3) is 2.69. The highest BCUT2D eigenvalue weighted by Crippen LogP contribution is 2.23. The number of rotatable bonds is 1. The molecule has 0 radical (unpaired) electrons. The Bertz CT molecular complexity index is 188. The summed E-state index contributed by atoms with van der Waals surface area (Å²) in [6.07, 6.45) is 1.85. The number of nitrogens with zero attached hydrogens (tertiary/aromatic N) is 1. The lowest BCUT2D eigenvalue weighted by molar-refractivity contribution is -0.123. The Balaban J connectivity index is 2.44. The highest BCUT2D eigenvalue weighted by molar-refractivity contribution is 5.76. The summed E-state index contributed by atoms with van der Waals surface area (Å²) in [5.41, 5.74) is 5.49. The van der Waals surface area contributed by atoms with Gasteiger partial charge in [0, 0.05) is 11.5 Å². The Morgan fingerprint density at radius 3 is 2.08 bits per heavy atom. The molecule has 1 aliphatic rings. The van der Waals surface area contributed by atoms with Gasteiger partial charge in [0.1, 0.15) is 0 Å². The summed E-state index contributed by atoms with van der Waals surface area (Å²) in [6, 6.07) is 0. The molecule has 2 N–H and O–H groups in total. The van der Waals surface area contributed by atoms with Gasteiger partial charge in [-0.25, -0.2) is 0 Å². The molecule has 0 aromatic rings. The summed E-state index contributed by atoms with van der Waals surface area (Å²) in [4.78, 5) is 13.3. The quantitative estimate of drug-likeness (QED) is 0.660. The summed E-state index contributed by atoms with van der Waals surface area (Å²) in [5.74, 6) is -0.0211. The van der Waals surface area contributed by atoms with Gasteiger partial charge in [0.25, 0.3) is 0 Å². The Labute approximate surface area is 80.3 Å². The summed E-state index contributed by atoms with van der Waals surface area (Å²) in [6.45, 7) is 8.61. The molecule has 1 heterocycles. The van der Waals surface area contributed by atoms with E-state index >= 15 is 0 Å². The third-order valence-corrected chi connectivity index (χ3v) is 2.85. The van der Waals surface area contributed by atoms with Gasteiger partial charge in [-0.05, 0) is 46.7 Å². The number of amides is 1. The van der Waals surface area contributed by atoms with Gasteiger partial charge in [0.15, 0.2) is 0 Å². The number of hydrogen-bond acceptors (Lipinski definition) is 2. The molecule has 1 amide bonds. The zero-order valence-electron chi connectivity index (χ0n) is 8.84. The summed E-state index contributed by atoms with van der Waals surface area (Å²) in [5, 5.41) is 0. The Morgan fingerprint density at radius 2 is 1.77 bits per heavy atom. The van der Waals surface area contributed by atoms with Crippen molar-refractivity contribution in [2.24, 2.45) is 11.7 Å². The Hall–Kier alpha value is -0.570. The molecule has 0 saturated carbocycles. The van der Waals surface area contributed by atoms with Crippen molar-refractivity contribution in [3.05, 3.63) is 0 Å². The van der Waals surface area contributed by atoms with Crippen LogP contribution in [0.25, 0.3) is 0 Å². The number of piperidine rings is 1. The minimum absolute atomic E-state index is 0.110. The van der Waals surface area contributed by atoms with E-state index in [0.717, 1.165) is 25.9 Å². The average Bonchev–Trinajstić information content (AvgIpc) is 2.03. The molecule has 0 atom stereocenters. The molecule has 1 rings (SSSR count). The topological polar surface area (TPSA) is 46.3 Å². The minimum atomic E-state index is -0.131. The van der Waals surface area contributed by atoms with Gasteiger partial charge < -0.3 is 5.73 Å². The van der Waals surface area contributed by atoms with Crippen molar-refractivity contribution < 1.29 is 4.79 Å². The number of nitrogens with two attached hydrogens (primary N) is 1. The van der Waals surface area contributed by atoms with Crippen molar-refractivity contribution >= 4 is 5.91 Å². The van der Waals surface area contributed by atoms with E-state index in [1.54, 1.807) is 0 Å². The Morgan fingerprint density at radius 1 is 1.31 bits per heavy atom. The average molecular weight is 184 g/mol. The number of carbonyl (C=O) groups excluding carboxylic acids is 1. The van der Waals surface area contributed by atoms with Crippen molar-refractivity contribution in [1.82, 2.24) is 4.90 Å². The molecule has 1 fully saturated rings. The predicted molar refractivity (Wildman–Crippen MR) is 53.2 cm³/mol. The zero-order valence-corrected chi connectivity index (χ0v) is 8.84. The van der Waals surface area contributed by atoms with Crippen LogP contribution >= 0.6 is 0 Å². The summed E-state index contributed by atoms with van der Waals surface area (Å²) in [7, 11) is 0. The first kappa shape index (κ1) is 10.5. The van der Waals surface area contributed by atoms with Crippen molar-refractivity contribution in [2.45, 2.75) is 39.2 Å². The molecule has 3 nitrogen and oxygen atoms in total. The van der Waals surface area contributed by atoms with Gasteiger partial charge in [0.05, 0.1) is 0 Å². The van der Waals surface area contributed by atoms with E-state index in [1.807, 2.05) is 0 Å². The number of carbonyl (C=O) groups is 1. The van der Waals surface area contributed by atoms with Gasteiger partial charge >= 0.3 is 0 Å². The van der Waals surface area contributed by atoms with E-state index in [0.29, 0.717) is 0 Å². The largest absolute Gasteiger partial charge is 0.369 e. The lowest BCUT2D eigenvalue weighted by Gasteiger charge is -2.40. The molecule has 3 heteroatoms. The third-order valence-electron chi connectivity index (χ3n) is 2.85. The second-order valence-corrected chi connectivity index (χ2v) is 4.83. The fraction of sp³-hybridized carbons (Fsp3) is 0.900. The molecular formula is C10H20N2O. The molecule has 13 heavy (non-hydrogen) atoms. The Kier molecular flexibility index (Phi) is 2.96. The van der Waals surface area contributed by atoms with Gasteiger partial charge in [-0.2, -0.15) is 0 Å². The maximum atomic E-state index is 10.9. The van der Waals surface area contributed by atoms with Crippen LogP contribution in [0.3, 0.4) is 0 Å². The highest BCUT2D eigenvalue weighted by atomic mass is 16.1. The molecule has 76 valence electrons. The maximum Gasteiger partial charge on any atom is 0.220 e. The van der Waals surface area contributed by atoms with Crippen LogP contribution in [0, 0.1) is 5.92 Å². The van der Waals surface area contributed by atoms with Crippen molar-refractivity contribution in [2.75, 3.05) is 13.1 Å². The van der Waals surface area contributed by atoms with Gasteiger partial charge in [-0.3, -0.25) is 9.69 Å². The first-order valence-electron chi connectivity index (χ1n) is 4.95. The van der Waals surface area contributed by atoms with E-state index in [4.69, 9.17) is 5.73 Å². The van der Waals surface area contributed by atoms with E-state index in [1.165, 1.54) is 0 Å². The first-order chi connectivity index (χ1) is 5.91. The molecule has 0 aliphatic carbocycles. The van der Waals surface area contributed by atoms with Gasteiger partial charge in [-0.1, -0.05) is 0 Å². The van der Waals surface area contributed by atoms with Crippen LogP contribution in [0.4, 0.5) is 0 Å². The summed E-state index contributed by atoms with van der Waals surface area (Å²) < 4.78 is 0. The molecule has 0 unspecified atom stereocenters. The van der Waals surface area contributed by atoms with Crippen LogP contribution in [0.5, 0.6) is 0 Å². The van der Waals surface area contributed by atoms with Crippen molar-refractivity contribution in [1.29, 1.82) is 0 Å². The number of likely N-dealkylation sites (tertiary alicyclic amines) is 1. The fourth-order valence-corrected chi connectivity index (χ4v) is 1.83. The number of primary amides is 1. The molecule has 1 saturated heterocycles. The normalized spacial score (nSPS) is 21.8. The van der Waals surface area contributed by atoms with Crippen LogP contribution in [0.1, 0.15) is 33.6 Å². The fourth-order valence-electron chi connectivity index (χ4n) is 1.83. The molecule has 0 spiro atoms. The molecule has 0 aromatic heterocycles. The van der Waals surface area contributed by atoms with Crippen LogP contribution in [0.15, 0.2) is 0 Å². The lowest BCUT2D eigenvalue weighted by atomic mass is 9.93. The van der Waals surface area contributed by atoms with Gasteiger partial charge in [-0.15, -0.1) is 0 Å². The maximum absolute atomic E-state index is 10.9. The van der Waals surface area contributed by atoms with E-state index in [2.05, 4.69) is 25.7 Å².